The Morgan fingerprint density at radius 1 is 1.45 bits per heavy atom. The first-order chi connectivity index (χ1) is 9.16. The maximum atomic E-state index is 12.3. The molecular formula is C11H18N2O4S3. The molecule has 1 aliphatic rings. The van der Waals surface area contributed by atoms with Gasteiger partial charge in [0.2, 0.25) is 10.0 Å². The van der Waals surface area contributed by atoms with Gasteiger partial charge in [-0.1, -0.05) is 0 Å². The Labute approximate surface area is 123 Å². The molecular weight excluding hydrogens is 320 g/mol. The lowest BCUT2D eigenvalue weighted by atomic mass is 10.0. The Balaban J connectivity index is 2.19. The molecule has 0 amide bonds. The van der Waals surface area contributed by atoms with E-state index in [0.717, 1.165) is 4.88 Å². The van der Waals surface area contributed by atoms with Crippen LogP contribution in [0.4, 0.5) is 0 Å². The van der Waals surface area contributed by atoms with Crippen molar-refractivity contribution >= 4 is 31.2 Å². The summed E-state index contributed by atoms with van der Waals surface area (Å²) in [4.78, 5) is 1.11. The van der Waals surface area contributed by atoms with Crippen molar-refractivity contribution in [3.05, 3.63) is 16.3 Å². The smallest absolute Gasteiger partial charge is 0.241 e. The summed E-state index contributed by atoms with van der Waals surface area (Å²) in [5.41, 5.74) is -0.914. The lowest BCUT2D eigenvalue weighted by Crippen LogP contribution is -2.46. The second-order valence-electron chi connectivity index (χ2n) is 5.29. The molecule has 0 aliphatic carbocycles. The van der Waals surface area contributed by atoms with Crippen molar-refractivity contribution in [2.75, 3.05) is 18.6 Å². The molecule has 2 heterocycles. The molecule has 1 fully saturated rings. The van der Waals surface area contributed by atoms with Gasteiger partial charge in [-0.15, -0.1) is 11.3 Å². The minimum atomic E-state index is -3.68. The normalized spacial score (nSPS) is 25.9. The molecule has 0 aromatic carbocycles. The summed E-state index contributed by atoms with van der Waals surface area (Å²) in [6.45, 7) is 2.24. The fourth-order valence-electron chi connectivity index (χ4n) is 2.24. The third kappa shape index (κ3) is 3.59. The van der Waals surface area contributed by atoms with Gasteiger partial charge in [-0.25, -0.2) is 21.6 Å². The zero-order chi connectivity index (χ0) is 15.0. The van der Waals surface area contributed by atoms with Crippen molar-refractivity contribution in [2.45, 2.75) is 30.3 Å². The molecule has 2 N–H and O–H groups in total. The third-order valence-corrected chi connectivity index (χ3v) is 7.78. The average Bonchev–Trinajstić information content (AvgIpc) is 2.84. The van der Waals surface area contributed by atoms with E-state index in [2.05, 4.69) is 10.0 Å². The zero-order valence-corrected chi connectivity index (χ0v) is 13.8. The number of sulfone groups is 1. The van der Waals surface area contributed by atoms with Gasteiger partial charge in [-0.2, -0.15) is 0 Å². The summed E-state index contributed by atoms with van der Waals surface area (Å²) < 4.78 is 50.2. The van der Waals surface area contributed by atoms with E-state index in [1.165, 1.54) is 11.3 Å². The van der Waals surface area contributed by atoms with Gasteiger partial charge in [0.25, 0.3) is 0 Å². The average molecular weight is 338 g/mol. The van der Waals surface area contributed by atoms with Gasteiger partial charge < -0.3 is 5.32 Å². The molecule has 0 bridgehead atoms. The highest BCUT2D eigenvalue weighted by atomic mass is 32.2. The van der Waals surface area contributed by atoms with E-state index < -0.39 is 25.4 Å². The van der Waals surface area contributed by atoms with Gasteiger partial charge in [0, 0.05) is 22.3 Å². The van der Waals surface area contributed by atoms with Crippen molar-refractivity contribution in [3.8, 4) is 0 Å². The lowest BCUT2D eigenvalue weighted by molar-refractivity contribution is 0.462. The fourth-order valence-corrected chi connectivity index (χ4v) is 7.15. The van der Waals surface area contributed by atoms with Gasteiger partial charge in [-0.3, -0.25) is 0 Å². The van der Waals surface area contributed by atoms with Crippen LogP contribution in [0, 0.1) is 0 Å². The molecule has 0 spiro atoms. The highest BCUT2D eigenvalue weighted by Gasteiger charge is 2.41. The van der Waals surface area contributed by atoms with Crippen molar-refractivity contribution in [1.82, 2.24) is 10.0 Å². The first kappa shape index (κ1) is 15.9. The Morgan fingerprint density at radius 3 is 2.70 bits per heavy atom. The van der Waals surface area contributed by atoms with E-state index in [0.29, 0.717) is 13.0 Å². The van der Waals surface area contributed by atoms with Gasteiger partial charge in [0.1, 0.15) is 0 Å². The molecule has 1 aromatic heterocycles. The number of hydrogen-bond donors (Lipinski definition) is 2. The number of sulfonamides is 1. The van der Waals surface area contributed by atoms with Crippen molar-refractivity contribution in [2.24, 2.45) is 0 Å². The van der Waals surface area contributed by atoms with E-state index in [9.17, 15) is 16.8 Å². The van der Waals surface area contributed by atoms with Gasteiger partial charge in [0.05, 0.1) is 16.4 Å². The molecule has 1 saturated heterocycles. The zero-order valence-electron chi connectivity index (χ0n) is 11.3. The lowest BCUT2D eigenvalue weighted by Gasteiger charge is -2.23. The van der Waals surface area contributed by atoms with E-state index in [-0.39, 0.29) is 16.4 Å². The van der Waals surface area contributed by atoms with Gasteiger partial charge in [-0.05, 0) is 26.5 Å². The highest BCUT2D eigenvalue weighted by molar-refractivity contribution is 7.92. The Bertz CT molecular complexity index is 693. The molecule has 6 nitrogen and oxygen atoms in total. The van der Waals surface area contributed by atoms with Crippen LogP contribution >= 0.6 is 11.3 Å². The third-order valence-electron chi connectivity index (χ3n) is 3.18. The maximum absolute atomic E-state index is 12.3. The standard InChI is InChI=1S/C11H18N2O4S3/c1-11(3-4-19(14,15)8-11)13-20(16,17)10-5-9(6-12-2)18-7-10/h5,7,12-13H,3-4,6,8H2,1-2H3. The molecule has 114 valence electrons. The maximum Gasteiger partial charge on any atom is 0.241 e. The molecule has 20 heavy (non-hydrogen) atoms. The van der Waals surface area contributed by atoms with E-state index in [4.69, 9.17) is 0 Å². The predicted octanol–water partition coefficient (Wildman–Crippen LogP) is 0.323. The van der Waals surface area contributed by atoms with Crippen LogP contribution in [0.2, 0.25) is 0 Å². The highest BCUT2D eigenvalue weighted by Crippen LogP contribution is 2.26. The second-order valence-corrected chi connectivity index (χ2v) is 10.1. The van der Waals surface area contributed by atoms with Crippen LogP contribution in [-0.4, -0.2) is 40.9 Å². The molecule has 1 unspecified atom stereocenters. The number of rotatable bonds is 5. The van der Waals surface area contributed by atoms with Crippen LogP contribution in [-0.2, 0) is 26.4 Å². The van der Waals surface area contributed by atoms with E-state index >= 15 is 0 Å². The van der Waals surface area contributed by atoms with Crippen molar-refractivity contribution in [1.29, 1.82) is 0 Å². The topological polar surface area (TPSA) is 92.3 Å². The van der Waals surface area contributed by atoms with Gasteiger partial charge in [0.15, 0.2) is 9.84 Å². The summed E-state index contributed by atoms with van der Waals surface area (Å²) >= 11 is 1.36. The van der Waals surface area contributed by atoms with Crippen LogP contribution in [0.5, 0.6) is 0 Å². The number of thiophene rings is 1. The number of hydrogen-bond acceptors (Lipinski definition) is 6. The first-order valence-corrected chi connectivity index (χ1v) is 10.3. The van der Waals surface area contributed by atoms with Crippen LogP contribution < -0.4 is 10.0 Å². The fraction of sp³-hybridized carbons (Fsp3) is 0.636. The van der Waals surface area contributed by atoms with Crippen LogP contribution in [0.1, 0.15) is 18.2 Å². The predicted molar refractivity (Wildman–Crippen MR) is 79.1 cm³/mol. The second kappa shape index (κ2) is 5.38. The summed E-state index contributed by atoms with van der Waals surface area (Å²) in [6, 6.07) is 1.61. The molecule has 0 radical (unpaired) electrons. The van der Waals surface area contributed by atoms with Crippen LogP contribution in [0.3, 0.4) is 0 Å². The Morgan fingerprint density at radius 2 is 2.15 bits per heavy atom. The van der Waals surface area contributed by atoms with Gasteiger partial charge >= 0.3 is 0 Å². The molecule has 1 aromatic rings. The monoisotopic (exact) mass is 338 g/mol. The van der Waals surface area contributed by atoms with Crippen molar-refractivity contribution < 1.29 is 16.8 Å². The first-order valence-electron chi connectivity index (χ1n) is 6.12. The largest absolute Gasteiger partial charge is 0.315 e. The molecule has 1 atom stereocenters. The summed E-state index contributed by atoms with van der Waals surface area (Å²) in [7, 11) is -5.04. The number of nitrogens with one attached hydrogen (secondary N) is 2. The summed E-state index contributed by atoms with van der Waals surface area (Å²) in [5.74, 6) is -0.118. The Kier molecular flexibility index (Phi) is 4.27. The molecule has 2 rings (SSSR count). The Hall–Kier alpha value is -0.480. The van der Waals surface area contributed by atoms with E-state index in [1.54, 1.807) is 25.4 Å². The van der Waals surface area contributed by atoms with E-state index in [1.807, 2.05) is 0 Å². The van der Waals surface area contributed by atoms with Crippen LogP contribution in [0.15, 0.2) is 16.3 Å². The summed E-state index contributed by atoms with van der Waals surface area (Å²) in [6.07, 6.45) is 0.308. The minimum Gasteiger partial charge on any atom is -0.315 e. The van der Waals surface area contributed by atoms with Crippen molar-refractivity contribution in [3.63, 3.8) is 0 Å². The minimum absolute atomic E-state index is 0.0284. The quantitative estimate of drug-likeness (QED) is 0.807. The molecule has 9 heteroatoms. The summed E-state index contributed by atoms with van der Waals surface area (Å²) in [5, 5.41) is 4.53. The van der Waals surface area contributed by atoms with Crippen LogP contribution in [0.25, 0.3) is 0 Å². The molecule has 1 aliphatic heterocycles. The molecule has 0 saturated carbocycles. The SMILES string of the molecule is CNCc1cc(S(=O)(=O)NC2(C)CCS(=O)(=O)C2)cs1.